The van der Waals surface area contributed by atoms with Crippen LogP contribution in [0.1, 0.15) is 31.9 Å². The molecule has 1 aromatic rings. The normalized spacial score (nSPS) is 20.3. The minimum absolute atomic E-state index is 0.00178. The Hall–Kier alpha value is -1.16. The lowest BCUT2D eigenvalue weighted by atomic mass is 10.1. The van der Waals surface area contributed by atoms with Gasteiger partial charge >= 0.3 is 0 Å². The number of halogens is 1. The standard InChI is InChI=1S/C14H17BrN2O/c1-9-5-7-10(8-6-9)12-11(15)13(18)17(16-12)14(2,3)4/h5-8,11H,1-4H3. The van der Waals surface area contributed by atoms with Crippen molar-refractivity contribution in [2.75, 3.05) is 0 Å². The lowest BCUT2D eigenvalue weighted by Crippen LogP contribution is -2.41. The smallest absolute Gasteiger partial charge is 0.263 e. The molecule has 0 aliphatic carbocycles. The number of amides is 1. The monoisotopic (exact) mass is 308 g/mol. The van der Waals surface area contributed by atoms with E-state index in [9.17, 15) is 4.79 Å². The predicted octanol–water partition coefficient (Wildman–Crippen LogP) is 3.10. The van der Waals surface area contributed by atoms with E-state index in [2.05, 4.69) is 21.0 Å². The molecular formula is C14H17BrN2O. The van der Waals surface area contributed by atoms with Gasteiger partial charge in [-0.2, -0.15) is 5.10 Å². The number of aryl methyl sites for hydroxylation is 1. The average molecular weight is 309 g/mol. The third-order valence-electron chi connectivity index (χ3n) is 2.86. The van der Waals surface area contributed by atoms with Crippen LogP contribution in [0.3, 0.4) is 0 Å². The molecule has 0 saturated carbocycles. The largest absolute Gasteiger partial charge is 0.271 e. The van der Waals surface area contributed by atoms with Gasteiger partial charge < -0.3 is 0 Å². The van der Waals surface area contributed by atoms with E-state index in [0.29, 0.717) is 0 Å². The first-order valence-corrected chi connectivity index (χ1v) is 6.86. The summed E-state index contributed by atoms with van der Waals surface area (Å²) < 4.78 is 0. The van der Waals surface area contributed by atoms with Gasteiger partial charge in [-0.05, 0) is 33.3 Å². The number of hydrogen-bond donors (Lipinski definition) is 0. The molecule has 1 aromatic carbocycles. The number of alkyl halides is 1. The molecule has 2 rings (SSSR count). The molecule has 1 heterocycles. The van der Waals surface area contributed by atoms with Crippen molar-refractivity contribution in [2.24, 2.45) is 5.10 Å². The number of rotatable bonds is 1. The topological polar surface area (TPSA) is 32.7 Å². The molecule has 0 fully saturated rings. The summed E-state index contributed by atoms with van der Waals surface area (Å²) in [6.45, 7) is 7.98. The predicted molar refractivity (Wildman–Crippen MR) is 77.0 cm³/mol. The summed E-state index contributed by atoms with van der Waals surface area (Å²) in [4.78, 5) is 11.8. The molecule has 1 aliphatic rings. The highest BCUT2D eigenvalue weighted by Gasteiger charge is 2.39. The Kier molecular flexibility index (Phi) is 3.32. The average Bonchev–Trinajstić information content (AvgIpc) is 2.57. The van der Waals surface area contributed by atoms with Crippen molar-refractivity contribution in [3.05, 3.63) is 35.4 Å². The molecule has 0 radical (unpaired) electrons. The summed E-state index contributed by atoms with van der Waals surface area (Å²) in [5.74, 6) is -0.00178. The fraction of sp³-hybridized carbons (Fsp3) is 0.429. The summed E-state index contributed by atoms with van der Waals surface area (Å²) in [7, 11) is 0. The molecule has 1 unspecified atom stereocenters. The van der Waals surface area contributed by atoms with E-state index in [0.717, 1.165) is 11.3 Å². The van der Waals surface area contributed by atoms with E-state index >= 15 is 0 Å². The summed E-state index contributed by atoms with van der Waals surface area (Å²) in [5.41, 5.74) is 2.68. The Morgan fingerprint density at radius 2 is 1.78 bits per heavy atom. The van der Waals surface area contributed by atoms with Gasteiger partial charge in [0.05, 0.1) is 11.3 Å². The number of hydrogen-bond acceptors (Lipinski definition) is 2. The second kappa shape index (κ2) is 4.50. The minimum atomic E-state index is -0.348. The van der Waals surface area contributed by atoms with Gasteiger partial charge in [0, 0.05) is 0 Å². The lowest BCUT2D eigenvalue weighted by Gasteiger charge is -2.27. The van der Waals surface area contributed by atoms with Gasteiger partial charge in [0.2, 0.25) is 0 Å². The molecule has 1 aliphatic heterocycles. The van der Waals surface area contributed by atoms with Crippen LogP contribution in [0.2, 0.25) is 0 Å². The number of carbonyl (C=O) groups is 1. The maximum atomic E-state index is 12.2. The molecule has 0 aromatic heterocycles. The summed E-state index contributed by atoms with van der Waals surface area (Å²) >= 11 is 3.44. The number of hydrazone groups is 1. The van der Waals surface area contributed by atoms with Crippen molar-refractivity contribution in [1.29, 1.82) is 0 Å². The molecule has 1 amide bonds. The van der Waals surface area contributed by atoms with Crippen LogP contribution in [0.15, 0.2) is 29.4 Å². The first-order chi connectivity index (χ1) is 8.30. The maximum absolute atomic E-state index is 12.2. The Bertz CT molecular complexity index is 500. The lowest BCUT2D eigenvalue weighted by molar-refractivity contribution is -0.132. The molecule has 96 valence electrons. The highest BCUT2D eigenvalue weighted by atomic mass is 79.9. The Morgan fingerprint density at radius 1 is 1.22 bits per heavy atom. The van der Waals surface area contributed by atoms with Gasteiger partial charge in [0.25, 0.3) is 5.91 Å². The van der Waals surface area contributed by atoms with Crippen molar-refractivity contribution in [2.45, 2.75) is 38.1 Å². The van der Waals surface area contributed by atoms with Gasteiger partial charge in [-0.3, -0.25) is 4.79 Å². The number of carbonyl (C=O) groups excluding carboxylic acids is 1. The highest BCUT2D eigenvalue weighted by Crippen LogP contribution is 2.27. The van der Waals surface area contributed by atoms with E-state index in [4.69, 9.17) is 0 Å². The zero-order valence-electron chi connectivity index (χ0n) is 11.1. The molecule has 0 bridgehead atoms. The van der Waals surface area contributed by atoms with E-state index in [-0.39, 0.29) is 16.3 Å². The Morgan fingerprint density at radius 3 is 2.22 bits per heavy atom. The van der Waals surface area contributed by atoms with Crippen LogP contribution < -0.4 is 0 Å². The van der Waals surface area contributed by atoms with Crippen LogP contribution in [0.5, 0.6) is 0 Å². The van der Waals surface area contributed by atoms with E-state index in [1.807, 2.05) is 52.0 Å². The second-order valence-corrected chi connectivity index (χ2v) is 6.45. The van der Waals surface area contributed by atoms with Crippen molar-refractivity contribution in [3.8, 4) is 0 Å². The van der Waals surface area contributed by atoms with Crippen LogP contribution in [0, 0.1) is 6.92 Å². The fourth-order valence-electron chi connectivity index (χ4n) is 1.84. The second-order valence-electron chi connectivity index (χ2n) is 5.53. The molecule has 0 spiro atoms. The summed E-state index contributed by atoms with van der Waals surface area (Å²) in [6, 6.07) is 8.06. The van der Waals surface area contributed by atoms with Gasteiger partial charge in [-0.15, -0.1) is 0 Å². The van der Waals surface area contributed by atoms with Crippen LogP contribution in [0.25, 0.3) is 0 Å². The van der Waals surface area contributed by atoms with Crippen molar-refractivity contribution in [3.63, 3.8) is 0 Å². The Labute approximate surface area is 116 Å². The third-order valence-corrected chi connectivity index (χ3v) is 3.68. The fourth-order valence-corrected chi connectivity index (χ4v) is 2.39. The van der Waals surface area contributed by atoms with Crippen molar-refractivity contribution < 1.29 is 4.79 Å². The van der Waals surface area contributed by atoms with Crippen LogP contribution >= 0.6 is 15.9 Å². The quantitative estimate of drug-likeness (QED) is 0.734. The molecule has 1 atom stereocenters. The van der Waals surface area contributed by atoms with E-state index < -0.39 is 0 Å². The van der Waals surface area contributed by atoms with Gasteiger partial charge in [0.15, 0.2) is 0 Å². The zero-order valence-corrected chi connectivity index (χ0v) is 12.7. The summed E-state index contributed by atoms with van der Waals surface area (Å²) in [5, 5.41) is 6.03. The van der Waals surface area contributed by atoms with E-state index in [1.165, 1.54) is 5.56 Å². The SMILES string of the molecule is Cc1ccc(C2=NN(C(C)(C)C)C(=O)C2Br)cc1. The third kappa shape index (κ3) is 2.34. The molecule has 18 heavy (non-hydrogen) atoms. The van der Waals surface area contributed by atoms with Crippen molar-refractivity contribution >= 4 is 27.5 Å². The first kappa shape index (κ1) is 13.3. The summed E-state index contributed by atoms with van der Waals surface area (Å²) in [6.07, 6.45) is 0. The number of benzene rings is 1. The van der Waals surface area contributed by atoms with Crippen LogP contribution in [0.4, 0.5) is 0 Å². The molecular weight excluding hydrogens is 292 g/mol. The highest BCUT2D eigenvalue weighted by molar-refractivity contribution is 9.10. The van der Waals surface area contributed by atoms with Gasteiger partial charge in [-0.1, -0.05) is 45.8 Å². The molecule has 0 saturated heterocycles. The Balaban J connectivity index is 2.39. The molecule has 0 N–H and O–H groups in total. The molecule has 4 heteroatoms. The maximum Gasteiger partial charge on any atom is 0.263 e. The van der Waals surface area contributed by atoms with Gasteiger partial charge in [-0.25, -0.2) is 5.01 Å². The van der Waals surface area contributed by atoms with Gasteiger partial charge in [0.1, 0.15) is 4.83 Å². The van der Waals surface area contributed by atoms with Crippen LogP contribution in [-0.4, -0.2) is 27.0 Å². The molecule has 3 nitrogen and oxygen atoms in total. The van der Waals surface area contributed by atoms with Crippen molar-refractivity contribution in [1.82, 2.24) is 5.01 Å². The zero-order chi connectivity index (χ0) is 13.5. The van der Waals surface area contributed by atoms with Crippen LogP contribution in [-0.2, 0) is 4.79 Å². The first-order valence-electron chi connectivity index (χ1n) is 5.94. The van der Waals surface area contributed by atoms with E-state index in [1.54, 1.807) is 5.01 Å². The minimum Gasteiger partial charge on any atom is -0.271 e. The number of nitrogens with zero attached hydrogens (tertiary/aromatic N) is 2.